The summed E-state index contributed by atoms with van der Waals surface area (Å²) in [4.78, 5) is 2.42. The predicted octanol–water partition coefficient (Wildman–Crippen LogP) is 4.07. The summed E-state index contributed by atoms with van der Waals surface area (Å²) >= 11 is 0. The van der Waals surface area contributed by atoms with Crippen LogP contribution in [-0.2, 0) is 0 Å². The Bertz CT molecular complexity index is 797. The second-order valence-corrected chi connectivity index (χ2v) is 5.27. The van der Waals surface area contributed by atoms with Gasteiger partial charge in [0, 0.05) is 34.6 Å². The Morgan fingerprint density at radius 2 is 1.30 bits per heavy atom. The summed E-state index contributed by atoms with van der Waals surface area (Å²) in [5.74, 6) is 0. The fourth-order valence-electron chi connectivity index (χ4n) is 3.11. The number of rotatable bonds is 1. The van der Waals surface area contributed by atoms with Crippen LogP contribution in [0.15, 0.2) is 48.5 Å². The fraction of sp³-hybridized carbons (Fsp3) is 0.167. The monoisotopic (exact) mass is 258 g/mol. The first-order valence-electron chi connectivity index (χ1n) is 6.98. The first kappa shape index (κ1) is 11.3. The summed E-state index contributed by atoms with van der Waals surface area (Å²) in [5.41, 5.74) is 2.09. The van der Waals surface area contributed by atoms with Crippen molar-refractivity contribution in [2.75, 3.05) is 18.0 Å². The van der Waals surface area contributed by atoms with E-state index in [0.29, 0.717) is 0 Å². The summed E-state index contributed by atoms with van der Waals surface area (Å²) in [5, 5.41) is 14.1. The Kier molecular flexibility index (Phi) is 2.40. The van der Waals surface area contributed by atoms with Crippen LogP contribution in [0.2, 0.25) is 0 Å². The highest BCUT2D eigenvalue weighted by molar-refractivity contribution is 6.15. The smallest absolute Gasteiger partial charge is 0.100 e. The third-order valence-electron chi connectivity index (χ3n) is 4.19. The van der Waals surface area contributed by atoms with E-state index in [4.69, 9.17) is 0 Å². The third-order valence-corrected chi connectivity index (χ3v) is 4.19. The van der Waals surface area contributed by atoms with Gasteiger partial charge in [-0.25, -0.2) is 0 Å². The highest BCUT2D eigenvalue weighted by Gasteiger charge is 2.21. The number of fused-ring (bicyclic) bond motifs is 2. The van der Waals surface area contributed by atoms with Crippen LogP contribution in [0, 0.1) is 11.3 Å². The maximum Gasteiger partial charge on any atom is 0.100 e. The van der Waals surface area contributed by atoms with Crippen LogP contribution in [0.25, 0.3) is 21.5 Å². The Labute approximate surface area is 117 Å². The standard InChI is InChI=1S/C18H14N2/c19-12-17-13-6-1-3-8-15(13)18(20-10-5-11-20)16-9-4-2-7-14(16)17/h1-4,6-9H,5,10-11H2. The van der Waals surface area contributed by atoms with Crippen molar-refractivity contribution in [3.63, 3.8) is 0 Å². The Hall–Kier alpha value is -2.53. The second kappa shape index (κ2) is 4.25. The maximum absolute atomic E-state index is 9.57. The Balaban J connectivity index is 2.24. The van der Waals surface area contributed by atoms with Crippen LogP contribution in [0.1, 0.15) is 12.0 Å². The molecule has 1 heterocycles. The molecule has 0 aliphatic carbocycles. The molecule has 0 atom stereocenters. The van der Waals surface area contributed by atoms with Crippen molar-refractivity contribution >= 4 is 27.2 Å². The average molecular weight is 258 g/mol. The second-order valence-electron chi connectivity index (χ2n) is 5.27. The molecule has 4 rings (SSSR count). The number of benzene rings is 3. The van der Waals surface area contributed by atoms with Crippen LogP contribution < -0.4 is 4.90 Å². The number of nitrogens with zero attached hydrogens (tertiary/aromatic N) is 2. The molecule has 0 saturated carbocycles. The first-order chi connectivity index (χ1) is 9.90. The topological polar surface area (TPSA) is 27.0 Å². The van der Waals surface area contributed by atoms with Gasteiger partial charge in [0.15, 0.2) is 0 Å². The van der Waals surface area contributed by atoms with Gasteiger partial charge in [-0.2, -0.15) is 5.26 Å². The molecule has 0 amide bonds. The van der Waals surface area contributed by atoms with Gasteiger partial charge in [0.25, 0.3) is 0 Å². The van der Waals surface area contributed by atoms with E-state index in [2.05, 4.69) is 47.4 Å². The lowest BCUT2D eigenvalue weighted by Crippen LogP contribution is -2.37. The highest BCUT2D eigenvalue weighted by Crippen LogP contribution is 2.39. The molecule has 0 spiro atoms. The largest absolute Gasteiger partial charge is 0.370 e. The molecule has 2 heteroatoms. The molecule has 1 saturated heterocycles. The first-order valence-corrected chi connectivity index (χ1v) is 6.98. The SMILES string of the molecule is N#Cc1c2ccccc2c(N2CCC2)c2ccccc12. The summed E-state index contributed by atoms with van der Waals surface area (Å²) in [6.07, 6.45) is 1.25. The number of anilines is 1. The minimum atomic E-state index is 0.792. The molecular formula is C18H14N2. The zero-order valence-corrected chi connectivity index (χ0v) is 11.1. The van der Waals surface area contributed by atoms with E-state index >= 15 is 0 Å². The summed E-state index contributed by atoms with van der Waals surface area (Å²) < 4.78 is 0. The van der Waals surface area contributed by atoms with E-state index in [9.17, 15) is 5.26 Å². The van der Waals surface area contributed by atoms with Gasteiger partial charge in [0.1, 0.15) is 6.07 Å². The minimum Gasteiger partial charge on any atom is -0.370 e. The molecule has 0 radical (unpaired) electrons. The van der Waals surface area contributed by atoms with Gasteiger partial charge in [-0.1, -0.05) is 48.5 Å². The summed E-state index contributed by atoms with van der Waals surface area (Å²) in [6.45, 7) is 2.22. The molecule has 0 bridgehead atoms. The van der Waals surface area contributed by atoms with Gasteiger partial charge in [-0.15, -0.1) is 0 Å². The van der Waals surface area contributed by atoms with Crippen LogP contribution in [0.4, 0.5) is 5.69 Å². The molecule has 0 N–H and O–H groups in total. The lowest BCUT2D eigenvalue weighted by atomic mass is 9.94. The normalized spacial score (nSPS) is 14.2. The molecule has 3 aromatic carbocycles. The molecule has 1 aliphatic rings. The lowest BCUT2D eigenvalue weighted by molar-refractivity contribution is 0.622. The van der Waals surface area contributed by atoms with Crippen molar-refractivity contribution in [1.29, 1.82) is 5.26 Å². The highest BCUT2D eigenvalue weighted by atomic mass is 15.2. The van der Waals surface area contributed by atoms with E-state index in [0.717, 1.165) is 29.4 Å². The van der Waals surface area contributed by atoms with Crippen molar-refractivity contribution in [3.05, 3.63) is 54.1 Å². The van der Waals surface area contributed by atoms with Crippen molar-refractivity contribution in [2.24, 2.45) is 0 Å². The molecule has 1 aliphatic heterocycles. The summed E-state index contributed by atoms with van der Waals surface area (Å²) in [6, 6.07) is 18.9. The zero-order valence-electron chi connectivity index (χ0n) is 11.1. The van der Waals surface area contributed by atoms with Crippen LogP contribution in [0.5, 0.6) is 0 Å². The van der Waals surface area contributed by atoms with Crippen molar-refractivity contribution in [3.8, 4) is 6.07 Å². The molecule has 2 nitrogen and oxygen atoms in total. The molecule has 1 fully saturated rings. The van der Waals surface area contributed by atoms with Gasteiger partial charge in [-0.3, -0.25) is 0 Å². The van der Waals surface area contributed by atoms with Crippen molar-refractivity contribution < 1.29 is 0 Å². The van der Waals surface area contributed by atoms with Gasteiger partial charge in [-0.05, 0) is 6.42 Å². The summed E-state index contributed by atoms with van der Waals surface area (Å²) in [7, 11) is 0. The molecule has 20 heavy (non-hydrogen) atoms. The van der Waals surface area contributed by atoms with E-state index in [1.807, 2.05) is 12.1 Å². The van der Waals surface area contributed by atoms with E-state index in [1.54, 1.807) is 0 Å². The number of hydrogen-bond acceptors (Lipinski definition) is 2. The maximum atomic E-state index is 9.57. The van der Waals surface area contributed by atoms with Crippen LogP contribution >= 0.6 is 0 Å². The van der Waals surface area contributed by atoms with Crippen molar-refractivity contribution in [2.45, 2.75) is 6.42 Å². The van der Waals surface area contributed by atoms with Crippen LogP contribution in [0.3, 0.4) is 0 Å². The minimum absolute atomic E-state index is 0.792. The lowest BCUT2D eigenvalue weighted by Gasteiger charge is -2.35. The van der Waals surface area contributed by atoms with E-state index in [-0.39, 0.29) is 0 Å². The van der Waals surface area contributed by atoms with Gasteiger partial charge < -0.3 is 4.90 Å². The van der Waals surface area contributed by atoms with Crippen molar-refractivity contribution in [1.82, 2.24) is 0 Å². The average Bonchev–Trinajstić information content (AvgIpc) is 2.45. The molecule has 0 unspecified atom stereocenters. The van der Waals surface area contributed by atoms with E-state index in [1.165, 1.54) is 22.9 Å². The van der Waals surface area contributed by atoms with Gasteiger partial charge in [0.2, 0.25) is 0 Å². The molecule has 3 aromatic rings. The molecule has 96 valence electrons. The van der Waals surface area contributed by atoms with Crippen LogP contribution in [-0.4, -0.2) is 13.1 Å². The predicted molar refractivity (Wildman–Crippen MR) is 83.0 cm³/mol. The number of nitriles is 1. The van der Waals surface area contributed by atoms with Gasteiger partial charge in [0.05, 0.1) is 11.3 Å². The van der Waals surface area contributed by atoms with E-state index < -0.39 is 0 Å². The molecule has 0 aromatic heterocycles. The zero-order chi connectivity index (χ0) is 13.5. The quantitative estimate of drug-likeness (QED) is 0.615. The Morgan fingerprint density at radius 1 is 0.800 bits per heavy atom. The fourth-order valence-corrected chi connectivity index (χ4v) is 3.11. The Morgan fingerprint density at radius 3 is 1.70 bits per heavy atom. The number of hydrogen-bond donors (Lipinski definition) is 0. The molecular weight excluding hydrogens is 244 g/mol. The third kappa shape index (κ3) is 1.44. The van der Waals surface area contributed by atoms with Gasteiger partial charge >= 0.3 is 0 Å².